The van der Waals surface area contributed by atoms with Crippen LogP contribution in [0.5, 0.6) is 0 Å². The third-order valence-electron chi connectivity index (χ3n) is 5.24. The van der Waals surface area contributed by atoms with E-state index in [2.05, 4.69) is 41.5 Å². The molecule has 7 heteroatoms. The maximum atomic E-state index is 10.4. The fraction of sp³-hybridized carbons (Fsp3) is 0.889. The van der Waals surface area contributed by atoms with Crippen molar-refractivity contribution >= 4 is 17.9 Å². The van der Waals surface area contributed by atoms with Gasteiger partial charge in [0.05, 0.1) is 5.92 Å². The van der Waals surface area contributed by atoms with Crippen molar-refractivity contribution in [2.24, 2.45) is 17.3 Å². The van der Waals surface area contributed by atoms with Crippen LogP contribution in [0.1, 0.15) is 138 Å². The Bertz CT molecular complexity index is 486. The zero-order valence-corrected chi connectivity index (χ0v) is 26.3. The molecule has 202 valence electrons. The van der Waals surface area contributed by atoms with E-state index in [0.717, 1.165) is 63.7 Å². The van der Waals surface area contributed by atoms with Gasteiger partial charge in [0, 0.05) is 54.6 Å². The number of carboxylic acids is 3. The zero-order chi connectivity index (χ0) is 26.3. The first kappa shape index (κ1) is 40.9. The van der Waals surface area contributed by atoms with Gasteiger partial charge in [-0.25, -0.2) is 0 Å². The van der Waals surface area contributed by atoms with E-state index in [1.165, 1.54) is 19.3 Å². The van der Waals surface area contributed by atoms with E-state index in [4.69, 9.17) is 15.3 Å². The Kier molecular flexibility index (Phi) is 33.0. The van der Waals surface area contributed by atoms with Crippen molar-refractivity contribution in [3.8, 4) is 0 Å². The minimum atomic E-state index is -0.675. The Labute approximate surface area is 243 Å². The molecular formula is C27H54CeO6. The third kappa shape index (κ3) is 42.0. The summed E-state index contributed by atoms with van der Waals surface area (Å²) in [6.07, 6.45) is 12.9. The van der Waals surface area contributed by atoms with Crippen molar-refractivity contribution < 1.29 is 71.5 Å². The standard InChI is InChI=1S/C10H20O2.C9H18O2.C8H16O2.Ce/c1-10(2,3)8-6-4-5-7-9(11)12;1-8(2)6-4-3-5-7-9(10)11;1-3-5-6-7(4-2)8(9)10;/h4-8H2,1-3H3,(H,11,12);8H,3-7H2,1-2H3,(H,10,11);7H,3-6H2,1-2H3,(H,9,10);. The van der Waals surface area contributed by atoms with E-state index in [9.17, 15) is 14.4 Å². The molecule has 0 rings (SSSR count). The summed E-state index contributed by atoms with van der Waals surface area (Å²) in [5.41, 5.74) is 0.392. The molecule has 0 aliphatic heterocycles. The van der Waals surface area contributed by atoms with E-state index >= 15 is 0 Å². The van der Waals surface area contributed by atoms with Crippen LogP contribution in [-0.2, 0) is 14.4 Å². The van der Waals surface area contributed by atoms with Crippen LogP contribution in [0.15, 0.2) is 0 Å². The van der Waals surface area contributed by atoms with Crippen molar-refractivity contribution in [3.63, 3.8) is 0 Å². The van der Waals surface area contributed by atoms with Crippen LogP contribution in [0, 0.1) is 59.0 Å². The number of hydrogen-bond donors (Lipinski definition) is 3. The van der Waals surface area contributed by atoms with Gasteiger partial charge in [0.15, 0.2) is 0 Å². The second-order valence-corrected chi connectivity index (χ2v) is 10.5. The molecule has 0 aliphatic rings. The minimum absolute atomic E-state index is 0. The maximum Gasteiger partial charge on any atom is 0.306 e. The van der Waals surface area contributed by atoms with Crippen molar-refractivity contribution in [1.29, 1.82) is 0 Å². The van der Waals surface area contributed by atoms with Crippen molar-refractivity contribution in [1.82, 2.24) is 0 Å². The monoisotopic (exact) mass is 614 g/mol. The number of aliphatic carboxylic acids is 3. The summed E-state index contributed by atoms with van der Waals surface area (Å²) < 4.78 is 0. The summed E-state index contributed by atoms with van der Waals surface area (Å²) in [4.78, 5) is 30.7. The van der Waals surface area contributed by atoms with E-state index < -0.39 is 17.9 Å². The molecule has 0 aromatic carbocycles. The maximum absolute atomic E-state index is 10.4. The molecular weight excluding hydrogens is 560 g/mol. The summed E-state index contributed by atoms with van der Waals surface area (Å²) in [6, 6.07) is 0. The molecule has 0 bridgehead atoms. The van der Waals surface area contributed by atoms with Gasteiger partial charge < -0.3 is 15.3 Å². The Balaban J connectivity index is -0.000000196. The fourth-order valence-corrected chi connectivity index (χ4v) is 3.07. The molecule has 0 heterocycles. The Morgan fingerprint density at radius 2 is 1.18 bits per heavy atom. The van der Waals surface area contributed by atoms with Crippen LogP contribution < -0.4 is 0 Å². The predicted octanol–water partition coefficient (Wildman–Crippen LogP) is 8.03. The number of carbonyl (C=O) groups is 3. The molecule has 0 radical (unpaired) electrons. The summed E-state index contributed by atoms with van der Waals surface area (Å²) >= 11 is 0. The molecule has 1 unspecified atom stereocenters. The van der Waals surface area contributed by atoms with Crippen LogP contribution >= 0.6 is 0 Å². The van der Waals surface area contributed by atoms with Gasteiger partial charge in [0.1, 0.15) is 0 Å². The molecule has 0 fully saturated rings. The topological polar surface area (TPSA) is 112 Å². The molecule has 0 aromatic heterocycles. The SMILES string of the molecule is CC(C)(C)CCCCCC(=O)O.CC(C)CCCCCC(=O)O.CCCCC(CC)C(=O)O.[Ce]. The van der Waals surface area contributed by atoms with Gasteiger partial charge in [0.25, 0.3) is 0 Å². The average Bonchev–Trinajstić information content (AvgIpc) is 2.67. The Morgan fingerprint density at radius 3 is 1.50 bits per heavy atom. The zero-order valence-electron chi connectivity index (χ0n) is 23.1. The number of unbranched alkanes of at least 4 members (excludes halogenated alkanes) is 5. The first-order valence-electron chi connectivity index (χ1n) is 12.9. The van der Waals surface area contributed by atoms with Crippen molar-refractivity contribution in [2.45, 2.75) is 138 Å². The van der Waals surface area contributed by atoms with Crippen LogP contribution in [-0.4, -0.2) is 33.2 Å². The van der Waals surface area contributed by atoms with Crippen LogP contribution in [0.2, 0.25) is 0 Å². The van der Waals surface area contributed by atoms with Gasteiger partial charge in [-0.3, -0.25) is 14.4 Å². The predicted molar refractivity (Wildman–Crippen MR) is 137 cm³/mol. The first-order chi connectivity index (χ1) is 15.3. The third-order valence-corrected chi connectivity index (χ3v) is 5.24. The van der Waals surface area contributed by atoms with Gasteiger partial charge in [-0.15, -0.1) is 0 Å². The van der Waals surface area contributed by atoms with Gasteiger partial charge >= 0.3 is 17.9 Å². The molecule has 3 N–H and O–H groups in total. The van der Waals surface area contributed by atoms with E-state index in [1.807, 2.05) is 6.92 Å². The summed E-state index contributed by atoms with van der Waals surface area (Å²) in [6.45, 7) is 15.0. The van der Waals surface area contributed by atoms with E-state index in [0.29, 0.717) is 18.3 Å². The van der Waals surface area contributed by atoms with Crippen LogP contribution in [0.25, 0.3) is 0 Å². The second kappa shape index (κ2) is 27.4. The molecule has 1 atom stereocenters. The quantitative estimate of drug-likeness (QED) is 0.152. The van der Waals surface area contributed by atoms with Gasteiger partial charge in [0.2, 0.25) is 0 Å². The fourth-order valence-electron chi connectivity index (χ4n) is 3.07. The van der Waals surface area contributed by atoms with E-state index in [-0.39, 0.29) is 47.7 Å². The number of rotatable bonds is 16. The molecule has 0 spiro atoms. The molecule has 34 heavy (non-hydrogen) atoms. The number of carboxylic acid groups (broad SMARTS) is 3. The summed E-state index contributed by atoms with van der Waals surface area (Å²) in [5.74, 6) is -1.35. The summed E-state index contributed by atoms with van der Waals surface area (Å²) in [5, 5.41) is 25.3. The molecule has 0 aromatic rings. The second-order valence-electron chi connectivity index (χ2n) is 10.5. The van der Waals surface area contributed by atoms with Gasteiger partial charge in [-0.05, 0) is 43.4 Å². The molecule has 6 nitrogen and oxygen atoms in total. The van der Waals surface area contributed by atoms with Crippen molar-refractivity contribution in [2.75, 3.05) is 0 Å². The minimum Gasteiger partial charge on any atom is -0.481 e. The van der Waals surface area contributed by atoms with Gasteiger partial charge in [-0.1, -0.05) is 93.4 Å². The van der Waals surface area contributed by atoms with Crippen LogP contribution in [0.4, 0.5) is 0 Å². The van der Waals surface area contributed by atoms with Crippen molar-refractivity contribution in [3.05, 3.63) is 0 Å². The molecule has 0 aliphatic carbocycles. The first-order valence-corrected chi connectivity index (χ1v) is 12.9. The Morgan fingerprint density at radius 1 is 0.706 bits per heavy atom. The molecule has 0 saturated carbocycles. The molecule has 0 amide bonds. The van der Waals surface area contributed by atoms with Crippen LogP contribution in [0.3, 0.4) is 0 Å². The van der Waals surface area contributed by atoms with E-state index in [1.54, 1.807) is 0 Å². The smallest absolute Gasteiger partial charge is 0.306 e. The average molecular weight is 615 g/mol. The number of hydrogen-bond acceptors (Lipinski definition) is 3. The largest absolute Gasteiger partial charge is 0.481 e. The Hall–Kier alpha value is -0.213. The normalized spacial score (nSPS) is 11.3. The van der Waals surface area contributed by atoms with Gasteiger partial charge in [-0.2, -0.15) is 0 Å². The summed E-state index contributed by atoms with van der Waals surface area (Å²) in [7, 11) is 0. The molecule has 0 saturated heterocycles.